The number of fused-ring (bicyclic) bond motifs is 1. The van der Waals surface area contributed by atoms with E-state index in [0.717, 1.165) is 10.6 Å². The number of aromatic amines is 1. The van der Waals surface area contributed by atoms with Crippen molar-refractivity contribution >= 4 is 25.4 Å². The molecule has 2 saturated heterocycles. The van der Waals surface area contributed by atoms with Gasteiger partial charge in [-0.05, 0) is 20.8 Å². The third-order valence-corrected chi connectivity index (χ3v) is 6.20. The smallest absolute Gasteiger partial charge is 0.463 e. The lowest BCUT2D eigenvalue weighted by Gasteiger charge is -2.34. The molecule has 11 nitrogen and oxygen atoms in total. The maximum Gasteiger partial charge on any atom is 0.475 e. The van der Waals surface area contributed by atoms with Gasteiger partial charge in [0.15, 0.2) is 6.23 Å². The minimum absolute atomic E-state index is 0.132. The van der Waals surface area contributed by atoms with Crippen LogP contribution in [0.15, 0.2) is 21.9 Å². The van der Waals surface area contributed by atoms with Crippen molar-refractivity contribution in [2.24, 2.45) is 0 Å². The lowest BCUT2D eigenvalue weighted by Crippen LogP contribution is -2.45. The summed E-state index contributed by atoms with van der Waals surface area (Å²) in [5.41, 5.74) is -1.27. The number of alkyl halides is 1. The summed E-state index contributed by atoms with van der Waals surface area (Å²) in [4.78, 5) is 35.8. The molecule has 2 aliphatic rings. The van der Waals surface area contributed by atoms with Crippen LogP contribution in [0.1, 0.15) is 33.4 Å². The lowest BCUT2D eigenvalue weighted by atomic mass is 10.0. The number of nitrogens with one attached hydrogen (secondary N) is 1. The molecule has 1 aromatic rings. The van der Waals surface area contributed by atoms with E-state index in [2.05, 4.69) is 4.98 Å². The van der Waals surface area contributed by atoms with Gasteiger partial charge in [0.25, 0.3) is 5.56 Å². The van der Waals surface area contributed by atoms with Crippen LogP contribution in [-0.2, 0) is 32.4 Å². The zero-order valence-electron chi connectivity index (χ0n) is 16.0. The molecule has 5 atom stereocenters. The van der Waals surface area contributed by atoms with Gasteiger partial charge >= 0.3 is 19.5 Å². The number of carbonyl (C=O) groups excluding carboxylic acids is 1. The topological polar surface area (TPSA) is 135 Å². The summed E-state index contributed by atoms with van der Waals surface area (Å²) < 4.78 is 40.5. The molecule has 13 heteroatoms. The van der Waals surface area contributed by atoms with Crippen molar-refractivity contribution in [2.45, 2.75) is 56.6 Å². The molecule has 0 aliphatic carbocycles. The molecule has 0 bridgehead atoms. The van der Waals surface area contributed by atoms with Gasteiger partial charge in [0.1, 0.15) is 17.1 Å². The van der Waals surface area contributed by atoms with Gasteiger partial charge in [-0.15, -0.1) is 11.6 Å². The maximum absolute atomic E-state index is 12.8. The molecule has 0 unspecified atom stereocenters. The van der Waals surface area contributed by atoms with Crippen LogP contribution in [0.4, 0.5) is 0 Å². The first-order valence-corrected chi connectivity index (χ1v) is 10.8. The van der Waals surface area contributed by atoms with Crippen molar-refractivity contribution in [2.75, 3.05) is 13.2 Å². The Morgan fingerprint density at radius 2 is 2.21 bits per heavy atom. The quantitative estimate of drug-likeness (QED) is 0.385. The highest BCUT2D eigenvalue weighted by molar-refractivity contribution is 7.48. The number of aromatic nitrogens is 2. The summed E-state index contributed by atoms with van der Waals surface area (Å²) in [6.07, 6.45) is -1.83. The van der Waals surface area contributed by atoms with E-state index < -0.39 is 48.4 Å². The number of nitrogens with zero attached hydrogens (tertiary/aromatic N) is 1. The average Bonchev–Trinajstić information content (AvgIpc) is 2.85. The number of rotatable bonds is 6. The molecule has 3 rings (SSSR count). The molecule has 2 fully saturated rings. The third kappa shape index (κ3) is 4.82. The fourth-order valence-corrected chi connectivity index (χ4v) is 4.96. The largest absolute Gasteiger partial charge is 0.475 e. The molecule has 0 amide bonds. The molecule has 0 saturated carbocycles. The fourth-order valence-electron chi connectivity index (χ4n) is 3.09. The second-order valence-corrected chi connectivity index (χ2v) is 9.52. The Bertz CT molecular complexity index is 927. The summed E-state index contributed by atoms with van der Waals surface area (Å²) >= 11 is 6.61. The number of phosphoric ester groups is 1. The summed E-state index contributed by atoms with van der Waals surface area (Å²) in [5, 5.41) is 0. The van der Waals surface area contributed by atoms with Gasteiger partial charge in [0, 0.05) is 12.3 Å². The summed E-state index contributed by atoms with van der Waals surface area (Å²) in [6.45, 7) is 4.58. The number of carbonyl (C=O) groups is 1. The van der Waals surface area contributed by atoms with Crippen LogP contribution in [0.3, 0.4) is 0 Å². The summed E-state index contributed by atoms with van der Waals surface area (Å²) in [7, 11) is -4.01. The van der Waals surface area contributed by atoms with Crippen LogP contribution in [0.25, 0.3) is 0 Å². The fraction of sp³-hybridized carbons (Fsp3) is 0.688. The Morgan fingerprint density at radius 3 is 2.86 bits per heavy atom. The number of phosphoric acid groups is 1. The Hall–Kier alpha value is -1.49. The molecule has 162 valence electrons. The van der Waals surface area contributed by atoms with E-state index >= 15 is 0 Å². The number of hydrogen-bond acceptors (Lipinski definition) is 9. The first-order chi connectivity index (χ1) is 13.5. The first-order valence-electron chi connectivity index (χ1n) is 8.95. The average molecular weight is 453 g/mol. The molecule has 0 radical (unpaired) electrons. The monoisotopic (exact) mass is 452 g/mol. The first kappa shape index (κ1) is 22.2. The summed E-state index contributed by atoms with van der Waals surface area (Å²) in [5.74, 6) is -0.509. The van der Waals surface area contributed by atoms with Crippen LogP contribution in [-0.4, -0.2) is 51.9 Å². The number of ether oxygens (including phenoxy) is 2. The van der Waals surface area contributed by atoms with E-state index in [4.69, 9.17) is 34.6 Å². The van der Waals surface area contributed by atoms with E-state index in [1.54, 1.807) is 20.8 Å². The molecule has 0 spiro atoms. The Kier molecular flexibility index (Phi) is 6.38. The second-order valence-electron chi connectivity index (χ2n) is 7.09. The van der Waals surface area contributed by atoms with Gasteiger partial charge in [-0.25, -0.2) is 9.36 Å². The Balaban J connectivity index is 1.69. The van der Waals surface area contributed by atoms with E-state index in [-0.39, 0.29) is 25.7 Å². The Morgan fingerprint density at radius 1 is 1.48 bits per heavy atom. The van der Waals surface area contributed by atoms with Crippen molar-refractivity contribution in [3.63, 3.8) is 0 Å². The predicted octanol–water partition coefficient (Wildman–Crippen LogP) is 1.31. The van der Waals surface area contributed by atoms with Gasteiger partial charge in [-0.3, -0.25) is 32.7 Å². The van der Waals surface area contributed by atoms with Gasteiger partial charge < -0.3 is 9.47 Å². The second kappa shape index (κ2) is 8.33. The predicted molar refractivity (Wildman–Crippen MR) is 99.7 cm³/mol. The van der Waals surface area contributed by atoms with Crippen LogP contribution in [0, 0.1) is 0 Å². The Labute approximate surface area is 170 Å². The van der Waals surface area contributed by atoms with Crippen molar-refractivity contribution in [3.05, 3.63) is 33.1 Å². The standard InChI is InChI=1S/C16H22ClN2O9P/c1-9(2)26-12(21)5-7-24-29(23)25-8-10-13(28-29)16(3,17)14(27-10)19-6-4-11(20)18-15(19)22/h4,6,9-10,13-14H,5,7-8H2,1-3H3,(H,18,20,22)/t10-,13-,14-,16-,29-/m1/s1. The minimum atomic E-state index is -4.01. The van der Waals surface area contributed by atoms with Crippen molar-refractivity contribution in [1.82, 2.24) is 9.55 Å². The van der Waals surface area contributed by atoms with Gasteiger partial charge in [0.05, 0.1) is 25.7 Å². The molecular formula is C16H22ClN2O9P. The van der Waals surface area contributed by atoms with Gasteiger partial charge in [0.2, 0.25) is 0 Å². The molecule has 2 aliphatic heterocycles. The van der Waals surface area contributed by atoms with Crippen molar-refractivity contribution < 1.29 is 32.4 Å². The zero-order chi connectivity index (χ0) is 21.4. The normalized spacial score (nSPS) is 34.2. The highest BCUT2D eigenvalue weighted by Gasteiger charge is 2.60. The SMILES string of the molecule is CC(C)OC(=O)CCO[P@]1(=O)OC[C@H]2O[C@@H](n3ccc(=O)[nH]c3=O)[C@](C)(Cl)[C@@H]2O1. The molecule has 1 aromatic heterocycles. The lowest BCUT2D eigenvalue weighted by molar-refractivity contribution is -0.148. The molecular weight excluding hydrogens is 431 g/mol. The van der Waals surface area contributed by atoms with E-state index in [0.29, 0.717) is 0 Å². The van der Waals surface area contributed by atoms with Crippen LogP contribution >= 0.6 is 19.4 Å². The van der Waals surface area contributed by atoms with Crippen LogP contribution < -0.4 is 11.2 Å². The molecule has 1 N–H and O–H groups in total. The van der Waals surface area contributed by atoms with Crippen molar-refractivity contribution in [1.29, 1.82) is 0 Å². The number of H-pyrrole nitrogens is 1. The van der Waals surface area contributed by atoms with E-state index in [9.17, 15) is 18.9 Å². The molecule has 3 heterocycles. The third-order valence-electron chi connectivity index (χ3n) is 4.35. The van der Waals surface area contributed by atoms with Gasteiger partial charge in [-0.1, -0.05) is 0 Å². The number of esters is 1. The molecule has 0 aromatic carbocycles. The zero-order valence-corrected chi connectivity index (χ0v) is 17.7. The highest BCUT2D eigenvalue weighted by atomic mass is 35.5. The minimum Gasteiger partial charge on any atom is -0.463 e. The highest BCUT2D eigenvalue weighted by Crippen LogP contribution is 2.59. The maximum atomic E-state index is 12.8. The molecule has 29 heavy (non-hydrogen) atoms. The van der Waals surface area contributed by atoms with E-state index in [1.807, 2.05) is 0 Å². The van der Waals surface area contributed by atoms with Crippen LogP contribution in [0.5, 0.6) is 0 Å². The van der Waals surface area contributed by atoms with Crippen molar-refractivity contribution in [3.8, 4) is 0 Å². The summed E-state index contributed by atoms with van der Waals surface area (Å²) in [6, 6.07) is 1.15. The number of halogens is 1. The van der Waals surface area contributed by atoms with Gasteiger partial charge in [-0.2, -0.15) is 0 Å². The number of hydrogen-bond donors (Lipinski definition) is 1. The van der Waals surface area contributed by atoms with E-state index in [1.165, 1.54) is 6.20 Å². The van der Waals surface area contributed by atoms with Crippen LogP contribution in [0.2, 0.25) is 0 Å².